The van der Waals surface area contributed by atoms with E-state index < -0.39 is 41.1 Å². The molecule has 0 unspecified atom stereocenters. The Hall–Kier alpha value is -4.15. The van der Waals surface area contributed by atoms with Gasteiger partial charge in [-0.2, -0.15) is 0 Å². The predicted octanol–water partition coefficient (Wildman–Crippen LogP) is 5.89. The van der Waals surface area contributed by atoms with Gasteiger partial charge in [-0.25, -0.2) is 9.18 Å². The number of piperazine rings is 1. The summed E-state index contributed by atoms with van der Waals surface area (Å²) in [6.07, 6.45) is 2.11. The first-order chi connectivity index (χ1) is 27.4. The van der Waals surface area contributed by atoms with E-state index in [0.29, 0.717) is 48.3 Å². The van der Waals surface area contributed by atoms with Gasteiger partial charge >= 0.3 is 232 Å². The Morgan fingerprint density at radius 1 is 1.09 bits per heavy atom. The standard InChI is InChI=1S/C41H42F3N6O6.Tl/c1-6-26-28(43)10-8-22-14-25(55-21-52-5)15-27(31(22)26)34-33(44)35-32-36(47-38(46-35)54-20-41-12-7-13-48(41)17-23(42)16-41)49-18-24-9-11-29(30(49)19-53-37(32)45-34)50(24)39(51)56-40(2,3)4;/h8,10,14-15,23-24,29-30H,7,9,11-13,16-21H2,2-5H3;/t23-,24-,29+,30-,41-;/m1./s1. The van der Waals surface area contributed by atoms with Crippen molar-refractivity contribution in [2.75, 3.05) is 51.7 Å². The molecule has 5 atom stereocenters. The van der Waals surface area contributed by atoms with Gasteiger partial charge < -0.3 is 4.74 Å². The summed E-state index contributed by atoms with van der Waals surface area (Å²) in [6, 6.07) is 5.26. The summed E-state index contributed by atoms with van der Waals surface area (Å²) in [5, 5.41) is 1.17. The second kappa shape index (κ2) is 14.6. The van der Waals surface area contributed by atoms with E-state index in [0.717, 1.165) is 25.8 Å². The molecular formula is C41H42F3N6O6Tl. The van der Waals surface area contributed by atoms with Crippen molar-refractivity contribution in [3.05, 3.63) is 41.5 Å². The van der Waals surface area contributed by atoms with Gasteiger partial charge in [0.1, 0.15) is 11.8 Å². The van der Waals surface area contributed by atoms with Gasteiger partial charge in [0.25, 0.3) is 0 Å². The molecule has 0 saturated carbocycles. The third kappa shape index (κ3) is 6.68. The fraction of sp³-hybridized carbons (Fsp3) is 0.512. The summed E-state index contributed by atoms with van der Waals surface area (Å²) in [6.45, 7) is 7.17. The summed E-state index contributed by atoms with van der Waals surface area (Å²) in [5.41, 5.74) is -1.11. The average molecular weight is 976 g/mol. The van der Waals surface area contributed by atoms with Crippen molar-refractivity contribution >= 4 is 59.4 Å². The van der Waals surface area contributed by atoms with E-state index in [1.54, 1.807) is 18.2 Å². The van der Waals surface area contributed by atoms with Gasteiger partial charge in [0.2, 0.25) is 0 Å². The maximum absolute atomic E-state index is 17.6. The number of methoxy groups -OCH3 is 1. The van der Waals surface area contributed by atoms with E-state index in [1.165, 1.54) is 13.2 Å². The number of nitrogens with zero attached hydrogens (tertiary/aromatic N) is 6. The Labute approximate surface area is 344 Å². The molecule has 4 aromatic rings. The van der Waals surface area contributed by atoms with Crippen LogP contribution >= 0.6 is 0 Å². The molecule has 0 radical (unpaired) electrons. The summed E-state index contributed by atoms with van der Waals surface area (Å²) >= 11 is 0.263. The minimum absolute atomic E-state index is 0.0674. The van der Waals surface area contributed by atoms with Crippen LogP contribution in [0.3, 0.4) is 0 Å². The van der Waals surface area contributed by atoms with E-state index in [4.69, 9.17) is 38.6 Å². The molecule has 0 spiro atoms. The number of pyridine rings is 1. The molecule has 4 fully saturated rings. The van der Waals surface area contributed by atoms with Crippen molar-refractivity contribution in [2.24, 2.45) is 0 Å². The molecule has 12 nitrogen and oxygen atoms in total. The van der Waals surface area contributed by atoms with Crippen molar-refractivity contribution in [3.8, 4) is 38.3 Å². The van der Waals surface area contributed by atoms with Gasteiger partial charge in [-0.05, 0) is 53.0 Å². The number of benzene rings is 2. The van der Waals surface area contributed by atoms with Crippen LogP contribution in [0.1, 0.15) is 58.4 Å². The van der Waals surface area contributed by atoms with Gasteiger partial charge in [-0.1, -0.05) is 0 Å². The first-order valence-electron chi connectivity index (χ1n) is 19.3. The molecule has 9 rings (SSSR count). The van der Waals surface area contributed by atoms with Crippen LogP contribution in [0.25, 0.3) is 32.9 Å². The minimum atomic E-state index is -0.965. The number of ether oxygens (including phenoxy) is 5. The second-order valence-electron chi connectivity index (χ2n) is 16.5. The average Bonchev–Trinajstić information content (AvgIpc) is 3.78. The third-order valence-corrected chi connectivity index (χ3v) is 12.4. The van der Waals surface area contributed by atoms with Crippen LogP contribution in [0, 0.1) is 21.0 Å². The molecule has 57 heavy (non-hydrogen) atoms. The number of amides is 1. The molecule has 296 valence electrons. The molecule has 5 aliphatic rings. The SMILES string of the molecule is COCOc1cc(-c2nc3c4c(nc(OC[C@]56CCCN5C[C@H](F)C6)nc4c2F)N2C[C@H]4CC[C@@H]([C@H]2CO3)N4C(=O)OC(C)(C)C)c2c(C#[C][Tl])c(F)ccc2c1. The van der Waals surface area contributed by atoms with Crippen molar-refractivity contribution in [1.29, 1.82) is 0 Å². The number of carbonyl (C=O) groups is 1. The van der Waals surface area contributed by atoms with Crippen LogP contribution in [0.15, 0.2) is 24.3 Å². The number of alkyl halides is 1. The van der Waals surface area contributed by atoms with Gasteiger partial charge in [0.15, 0.2) is 0 Å². The van der Waals surface area contributed by atoms with E-state index >= 15 is 8.78 Å². The molecule has 4 saturated heterocycles. The number of halogens is 3. The van der Waals surface area contributed by atoms with Crippen LogP contribution in [0.5, 0.6) is 17.6 Å². The van der Waals surface area contributed by atoms with Crippen molar-refractivity contribution < 1.29 is 41.7 Å². The molecule has 16 heteroatoms. The van der Waals surface area contributed by atoms with Crippen LogP contribution in [-0.2, 0) is 9.47 Å². The topological polar surface area (TPSA) is 112 Å². The number of rotatable bonds is 7. The summed E-state index contributed by atoms with van der Waals surface area (Å²) in [4.78, 5) is 34.1. The predicted molar refractivity (Wildman–Crippen MR) is 205 cm³/mol. The molecule has 5 aliphatic heterocycles. The Morgan fingerprint density at radius 2 is 1.93 bits per heavy atom. The van der Waals surface area contributed by atoms with Crippen LogP contribution in [0.4, 0.5) is 23.8 Å². The Bertz CT molecular complexity index is 2350. The Kier molecular flexibility index (Phi) is 9.83. The fourth-order valence-electron chi connectivity index (χ4n) is 9.56. The normalized spacial score (nSPS) is 25.1. The monoisotopic (exact) mass is 976 g/mol. The Balaban J connectivity index is 1.22. The first-order valence-corrected chi connectivity index (χ1v) is 21.6. The molecule has 2 bridgehead atoms. The molecule has 7 heterocycles. The van der Waals surface area contributed by atoms with Gasteiger partial charge in [-0.3, -0.25) is 9.80 Å². The van der Waals surface area contributed by atoms with Gasteiger partial charge in [0.05, 0.1) is 11.6 Å². The quantitative estimate of drug-likeness (QED) is 0.126. The zero-order valence-electron chi connectivity index (χ0n) is 32.2. The Morgan fingerprint density at radius 3 is 2.72 bits per heavy atom. The van der Waals surface area contributed by atoms with E-state index in [1.807, 2.05) is 25.7 Å². The molecule has 2 aromatic carbocycles. The summed E-state index contributed by atoms with van der Waals surface area (Å²) in [7, 11) is 1.49. The molecule has 0 N–H and O–H groups in total. The van der Waals surface area contributed by atoms with E-state index in [9.17, 15) is 9.18 Å². The van der Waals surface area contributed by atoms with E-state index in [-0.39, 0.29) is 97.5 Å². The summed E-state index contributed by atoms with van der Waals surface area (Å²) in [5.74, 6) is 2.38. The number of fused-ring (bicyclic) bond motifs is 7. The summed E-state index contributed by atoms with van der Waals surface area (Å²) < 4.78 is 80.7. The molecule has 0 aliphatic carbocycles. The molecule has 2 aromatic heterocycles. The number of anilines is 1. The van der Waals surface area contributed by atoms with Crippen LogP contribution < -0.4 is 19.1 Å². The number of carbonyl (C=O) groups excluding carboxylic acids is 1. The molecule has 1 amide bonds. The number of hydrogen-bond donors (Lipinski definition) is 0. The van der Waals surface area contributed by atoms with Crippen molar-refractivity contribution in [1.82, 2.24) is 24.8 Å². The fourth-order valence-corrected chi connectivity index (χ4v) is 10.1. The number of hydrogen-bond acceptors (Lipinski definition) is 11. The van der Waals surface area contributed by atoms with E-state index in [2.05, 4.69) is 19.2 Å². The van der Waals surface area contributed by atoms with Crippen LogP contribution in [-0.4, -0.2) is 139 Å². The third-order valence-electron chi connectivity index (χ3n) is 11.8. The number of aromatic nitrogens is 3. The zero-order valence-corrected chi connectivity index (χ0v) is 36.7. The first kappa shape index (κ1) is 38.4. The van der Waals surface area contributed by atoms with Crippen molar-refractivity contribution in [3.63, 3.8) is 0 Å². The van der Waals surface area contributed by atoms with Gasteiger partial charge in [-0.15, -0.1) is 0 Å². The molecular weight excluding hydrogens is 934 g/mol. The van der Waals surface area contributed by atoms with Gasteiger partial charge in [0, 0.05) is 13.0 Å². The maximum atomic E-state index is 17.6. The van der Waals surface area contributed by atoms with Crippen LogP contribution in [0.2, 0.25) is 0 Å². The second-order valence-corrected chi connectivity index (χ2v) is 17.6. The zero-order chi connectivity index (χ0) is 39.8. The van der Waals surface area contributed by atoms with Crippen molar-refractivity contribution in [2.45, 2.75) is 88.3 Å².